The highest BCUT2D eigenvalue weighted by atomic mass is 35.5. The van der Waals surface area contributed by atoms with Crippen molar-refractivity contribution in [1.82, 2.24) is 0 Å². The van der Waals surface area contributed by atoms with E-state index in [0.29, 0.717) is 24.5 Å². The molecule has 0 aromatic rings. The summed E-state index contributed by atoms with van der Waals surface area (Å²) in [5.74, 6) is -0.548. The van der Waals surface area contributed by atoms with Crippen molar-refractivity contribution in [3.63, 3.8) is 0 Å². The topological polar surface area (TPSA) is 80.0 Å². The molecule has 1 rings (SSSR count). The van der Waals surface area contributed by atoms with E-state index in [9.17, 15) is 4.79 Å². The minimum absolute atomic E-state index is 0. The van der Waals surface area contributed by atoms with E-state index >= 15 is 0 Å². The van der Waals surface area contributed by atoms with Crippen LogP contribution in [0.4, 0.5) is 0 Å². The average molecular weight is 551 g/mol. The fourth-order valence-corrected chi connectivity index (χ4v) is 2.95. The number of ether oxygens (including phenoxy) is 2. The maximum absolute atomic E-state index is 12.5. The lowest BCUT2D eigenvalue weighted by molar-refractivity contribution is -0.169. The second kappa shape index (κ2) is 16.1. The van der Waals surface area contributed by atoms with Crippen LogP contribution in [-0.4, -0.2) is 57.3 Å². The second-order valence-electron chi connectivity index (χ2n) is 13.1. The molecule has 0 aliphatic carbocycles. The van der Waals surface area contributed by atoms with E-state index in [0.717, 1.165) is 25.7 Å². The third kappa shape index (κ3) is 14.7. The molecule has 0 spiro atoms. The first-order valence-corrected chi connectivity index (χ1v) is 16.0. The van der Waals surface area contributed by atoms with E-state index in [1.807, 2.05) is 48.5 Å². The van der Waals surface area contributed by atoms with Crippen LogP contribution in [0.2, 0.25) is 18.1 Å². The number of hydrogen-bond donors (Lipinski definition) is 1. The Morgan fingerprint density at radius 1 is 0.944 bits per heavy atom. The Hall–Kier alpha value is -0.118. The van der Waals surface area contributed by atoms with Crippen LogP contribution in [0.5, 0.6) is 0 Å². The molecular weight excluding hydrogens is 493 g/mol. The van der Waals surface area contributed by atoms with Gasteiger partial charge in [0.25, 0.3) is 0 Å². The summed E-state index contributed by atoms with van der Waals surface area (Å²) < 4.78 is 23.4. The van der Waals surface area contributed by atoms with E-state index < -0.39 is 30.0 Å². The van der Waals surface area contributed by atoms with Gasteiger partial charge in [-0.3, -0.25) is 0 Å². The van der Waals surface area contributed by atoms with Gasteiger partial charge in [0.05, 0.1) is 11.2 Å². The Morgan fingerprint density at radius 2 is 1.42 bits per heavy atom. The van der Waals surface area contributed by atoms with Crippen LogP contribution < -0.4 is 5.73 Å². The second-order valence-corrected chi connectivity index (χ2v) is 16.6. The Bertz CT molecular complexity index is 604. The van der Waals surface area contributed by atoms with Crippen molar-refractivity contribution in [2.24, 2.45) is 5.73 Å². The lowest BCUT2D eigenvalue weighted by Gasteiger charge is -2.32. The predicted molar refractivity (Wildman–Crippen MR) is 157 cm³/mol. The third-order valence-corrected chi connectivity index (χ3v) is 9.86. The molecule has 0 amide bonds. The van der Waals surface area contributed by atoms with Gasteiger partial charge in [-0.05, 0) is 79.2 Å². The summed E-state index contributed by atoms with van der Waals surface area (Å²) in [7, 11) is -0.485. The molecule has 1 unspecified atom stereocenters. The predicted octanol–water partition coefficient (Wildman–Crippen LogP) is 7.00. The van der Waals surface area contributed by atoms with Crippen molar-refractivity contribution in [3.05, 3.63) is 0 Å². The van der Waals surface area contributed by atoms with Crippen molar-refractivity contribution in [2.75, 3.05) is 6.61 Å². The number of unbranched alkanes of at least 4 members (excludes halogenated alkanes) is 2. The summed E-state index contributed by atoms with van der Waals surface area (Å²) in [5.41, 5.74) is 5.01. The molecule has 0 aromatic carbocycles. The smallest absolute Gasteiger partial charge is 0.458 e. The first-order valence-electron chi connectivity index (χ1n) is 13.5. The molecule has 1 aliphatic heterocycles. The zero-order valence-corrected chi connectivity index (χ0v) is 27.5. The number of nitrogens with two attached hydrogens (primary N) is 1. The van der Waals surface area contributed by atoms with Crippen molar-refractivity contribution in [2.45, 2.75) is 162 Å². The number of rotatable bonds is 11. The summed E-state index contributed by atoms with van der Waals surface area (Å²) in [4.78, 5) is 12.5. The van der Waals surface area contributed by atoms with Gasteiger partial charge in [0.1, 0.15) is 5.60 Å². The average Bonchev–Trinajstić information content (AvgIpc) is 2.89. The quantitative estimate of drug-likeness (QED) is 0.169. The van der Waals surface area contributed by atoms with Gasteiger partial charge < -0.3 is 24.5 Å². The summed E-state index contributed by atoms with van der Waals surface area (Å²) in [6.07, 6.45) is 4.60. The van der Waals surface area contributed by atoms with Crippen LogP contribution in [0.1, 0.15) is 115 Å². The van der Waals surface area contributed by atoms with Crippen molar-refractivity contribution in [1.29, 1.82) is 0 Å². The van der Waals surface area contributed by atoms with E-state index in [1.165, 1.54) is 0 Å². The maximum Gasteiger partial charge on any atom is 0.475 e. The lowest BCUT2D eigenvalue weighted by atomic mass is 9.76. The standard InChI is InChI=1S/C21H42BNO5.C6H15Si.ClH/c1-9-10-11-15-25-16(18(24)26-19(2,3)4)13-12-14-17(23)22-27-20(5,6)21(7,8)28-22;1-6(2,3)7(4)5;/h16-17H,9-15,23H2,1-8H3;1-5H3;1H/t16?,17-;;/m0../s1. The molecular formula is C27H58BClNO5Si. The Balaban J connectivity index is 0. The monoisotopic (exact) mass is 550 g/mol. The summed E-state index contributed by atoms with van der Waals surface area (Å²) in [6, 6.07) is 0. The number of carbonyl (C=O) groups is 1. The van der Waals surface area contributed by atoms with Crippen molar-refractivity contribution >= 4 is 34.3 Å². The first-order chi connectivity index (χ1) is 15.7. The molecule has 1 aliphatic rings. The Labute approximate surface area is 231 Å². The molecule has 0 aromatic heterocycles. The number of halogens is 1. The molecule has 1 fully saturated rings. The molecule has 9 heteroatoms. The zero-order chi connectivity index (χ0) is 27.7. The van der Waals surface area contributed by atoms with Gasteiger partial charge in [0, 0.05) is 21.3 Å². The molecule has 1 heterocycles. The molecule has 1 radical (unpaired) electrons. The van der Waals surface area contributed by atoms with E-state index in [2.05, 4.69) is 40.8 Å². The van der Waals surface area contributed by atoms with Gasteiger partial charge in [-0.2, -0.15) is 0 Å². The number of hydrogen-bond acceptors (Lipinski definition) is 6. The van der Waals surface area contributed by atoms with Crippen LogP contribution in [0.3, 0.4) is 0 Å². The molecule has 6 nitrogen and oxygen atoms in total. The third-order valence-electron chi connectivity index (χ3n) is 6.86. The molecule has 2 atom stereocenters. The van der Waals surface area contributed by atoms with E-state index in [4.69, 9.17) is 24.5 Å². The Kier molecular flexibility index (Phi) is 17.0. The fourth-order valence-electron chi connectivity index (χ4n) is 2.95. The van der Waals surface area contributed by atoms with Crippen LogP contribution in [0.25, 0.3) is 0 Å². The minimum atomic E-state index is -0.554. The van der Waals surface area contributed by atoms with Crippen LogP contribution >= 0.6 is 12.4 Å². The van der Waals surface area contributed by atoms with Gasteiger partial charge in [-0.1, -0.05) is 53.6 Å². The molecule has 0 bridgehead atoms. The van der Waals surface area contributed by atoms with Crippen LogP contribution in [0, 0.1) is 0 Å². The largest absolute Gasteiger partial charge is 0.475 e. The Morgan fingerprint density at radius 3 is 1.81 bits per heavy atom. The summed E-state index contributed by atoms with van der Waals surface area (Å²) >= 11 is 0. The van der Waals surface area contributed by atoms with Gasteiger partial charge in [-0.15, -0.1) is 12.4 Å². The highest BCUT2D eigenvalue weighted by molar-refractivity contribution is 6.59. The minimum Gasteiger partial charge on any atom is -0.458 e. The van der Waals surface area contributed by atoms with Crippen LogP contribution in [0.15, 0.2) is 0 Å². The highest BCUT2D eigenvalue weighted by Gasteiger charge is 2.52. The van der Waals surface area contributed by atoms with Crippen molar-refractivity contribution < 1.29 is 23.6 Å². The van der Waals surface area contributed by atoms with Crippen molar-refractivity contribution in [3.8, 4) is 0 Å². The summed E-state index contributed by atoms with van der Waals surface area (Å²) in [5, 5.41) is 0.602. The molecule has 215 valence electrons. The van der Waals surface area contributed by atoms with Gasteiger partial charge in [0.2, 0.25) is 0 Å². The summed E-state index contributed by atoms with van der Waals surface area (Å²) in [6.45, 7) is 28.0. The normalized spacial score (nSPS) is 18.7. The fraction of sp³-hybridized carbons (Fsp3) is 0.963. The first kappa shape index (κ1) is 38.0. The van der Waals surface area contributed by atoms with E-state index in [-0.39, 0.29) is 33.1 Å². The van der Waals surface area contributed by atoms with Gasteiger partial charge in [-0.25, -0.2) is 4.79 Å². The van der Waals surface area contributed by atoms with Gasteiger partial charge in [0.15, 0.2) is 6.10 Å². The number of carbonyl (C=O) groups excluding carboxylic acids is 1. The SMILES string of the molecule is CCCCCOC(CCC[C@H](N)B1OC(C)(C)C(C)(C)O1)C(=O)OC(C)(C)C.C[Si](C)C(C)(C)C.Cl. The molecule has 36 heavy (non-hydrogen) atoms. The molecule has 1 saturated heterocycles. The van der Waals surface area contributed by atoms with E-state index in [1.54, 1.807) is 0 Å². The maximum atomic E-state index is 12.5. The molecule has 0 saturated carbocycles. The lowest BCUT2D eigenvalue weighted by Crippen LogP contribution is -2.42. The van der Waals surface area contributed by atoms with Crippen LogP contribution in [-0.2, 0) is 23.6 Å². The zero-order valence-electron chi connectivity index (χ0n) is 25.7. The molecule has 2 N–H and O–H groups in total. The highest BCUT2D eigenvalue weighted by Crippen LogP contribution is 2.37. The number of esters is 1. The van der Waals surface area contributed by atoms with Gasteiger partial charge >= 0.3 is 13.1 Å².